The van der Waals surface area contributed by atoms with Gasteiger partial charge >= 0.3 is 0 Å². The summed E-state index contributed by atoms with van der Waals surface area (Å²) in [6, 6.07) is 11.8. The molecule has 0 spiro atoms. The Labute approximate surface area is 154 Å². The van der Waals surface area contributed by atoms with Gasteiger partial charge in [-0.1, -0.05) is 46.6 Å². The van der Waals surface area contributed by atoms with E-state index in [1.54, 1.807) is 0 Å². The van der Waals surface area contributed by atoms with E-state index in [4.69, 9.17) is 16.1 Å². The number of rotatable bonds is 3. The number of carbonyl (C=O) groups is 1. The average Bonchev–Trinajstić information content (AvgIpc) is 3.23. The summed E-state index contributed by atoms with van der Waals surface area (Å²) in [4.78, 5) is 18.4. The van der Waals surface area contributed by atoms with Gasteiger partial charge in [0.2, 0.25) is 17.6 Å². The van der Waals surface area contributed by atoms with Crippen LogP contribution < -0.4 is 4.90 Å². The maximum atomic E-state index is 13.2. The zero-order chi connectivity index (χ0) is 18.3. The second-order valence-electron chi connectivity index (χ2n) is 6.32. The van der Waals surface area contributed by atoms with E-state index >= 15 is 0 Å². The zero-order valence-electron chi connectivity index (χ0n) is 13.9. The van der Waals surface area contributed by atoms with Crippen molar-refractivity contribution < 1.29 is 13.7 Å². The largest absolute Gasteiger partial charge is 0.339 e. The Bertz CT molecular complexity index is 971. The van der Waals surface area contributed by atoms with Gasteiger partial charge in [-0.3, -0.25) is 4.79 Å². The minimum absolute atomic E-state index is 0.112. The minimum atomic E-state index is -0.443. The SMILES string of the molecule is Cc1ccc(-c2noc(C3CC(=O)N(c4ccc(F)cc4Cl)C3)n2)cc1. The van der Waals surface area contributed by atoms with Crippen molar-refractivity contribution in [1.29, 1.82) is 0 Å². The first-order valence-electron chi connectivity index (χ1n) is 8.17. The summed E-state index contributed by atoms with van der Waals surface area (Å²) < 4.78 is 18.6. The van der Waals surface area contributed by atoms with E-state index in [9.17, 15) is 9.18 Å². The van der Waals surface area contributed by atoms with Crippen LogP contribution in [0.5, 0.6) is 0 Å². The number of benzene rings is 2. The lowest BCUT2D eigenvalue weighted by molar-refractivity contribution is -0.117. The van der Waals surface area contributed by atoms with Crippen LogP contribution in [-0.2, 0) is 4.79 Å². The Balaban J connectivity index is 1.56. The van der Waals surface area contributed by atoms with E-state index in [2.05, 4.69) is 10.1 Å². The maximum Gasteiger partial charge on any atom is 0.232 e. The molecular weight excluding hydrogens is 357 g/mol. The standard InChI is InChI=1S/C19H15ClFN3O2/c1-11-2-4-12(5-3-11)18-22-19(26-23-18)13-8-17(25)24(10-13)16-7-6-14(21)9-15(16)20/h2-7,9,13H,8,10H2,1H3. The van der Waals surface area contributed by atoms with E-state index < -0.39 is 5.82 Å². The molecule has 0 bridgehead atoms. The van der Waals surface area contributed by atoms with Crippen molar-refractivity contribution >= 4 is 23.2 Å². The predicted octanol–water partition coefficient (Wildman–Crippen LogP) is 4.36. The summed E-state index contributed by atoms with van der Waals surface area (Å²) in [6.07, 6.45) is 0.239. The third kappa shape index (κ3) is 3.08. The highest BCUT2D eigenvalue weighted by molar-refractivity contribution is 6.33. The Morgan fingerprint density at radius 3 is 2.73 bits per heavy atom. The molecule has 4 rings (SSSR count). The van der Waals surface area contributed by atoms with Gasteiger partial charge in [0.15, 0.2) is 0 Å². The first kappa shape index (κ1) is 16.7. The molecule has 0 saturated carbocycles. The summed E-state index contributed by atoms with van der Waals surface area (Å²) in [7, 11) is 0. The van der Waals surface area contributed by atoms with Gasteiger partial charge in [-0.15, -0.1) is 0 Å². The molecule has 1 aliphatic rings. The van der Waals surface area contributed by atoms with Crippen LogP contribution in [-0.4, -0.2) is 22.6 Å². The van der Waals surface area contributed by atoms with Gasteiger partial charge in [0.1, 0.15) is 5.82 Å². The van der Waals surface area contributed by atoms with E-state index in [-0.39, 0.29) is 23.3 Å². The molecule has 0 aliphatic carbocycles. The van der Waals surface area contributed by atoms with Gasteiger partial charge in [-0.25, -0.2) is 4.39 Å². The van der Waals surface area contributed by atoms with Gasteiger partial charge in [0, 0.05) is 18.5 Å². The zero-order valence-corrected chi connectivity index (χ0v) is 14.7. The lowest BCUT2D eigenvalue weighted by Crippen LogP contribution is -2.24. The average molecular weight is 372 g/mol. The molecule has 7 heteroatoms. The fourth-order valence-corrected chi connectivity index (χ4v) is 3.30. The Hall–Kier alpha value is -2.73. The second kappa shape index (κ2) is 6.53. The molecule has 1 atom stereocenters. The number of anilines is 1. The first-order chi connectivity index (χ1) is 12.5. The van der Waals surface area contributed by atoms with Gasteiger partial charge < -0.3 is 9.42 Å². The summed E-state index contributed by atoms with van der Waals surface area (Å²) in [5.41, 5.74) is 2.48. The van der Waals surface area contributed by atoms with Gasteiger partial charge in [0.05, 0.1) is 16.6 Å². The molecule has 3 aromatic rings. The fraction of sp³-hybridized carbons (Fsp3) is 0.211. The van der Waals surface area contributed by atoms with E-state index in [0.717, 1.165) is 11.1 Å². The second-order valence-corrected chi connectivity index (χ2v) is 6.73. The lowest BCUT2D eigenvalue weighted by atomic mass is 10.1. The highest BCUT2D eigenvalue weighted by Gasteiger charge is 2.36. The van der Waals surface area contributed by atoms with Crippen molar-refractivity contribution in [2.75, 3.05) is 11.4 Å². The van der Waals surface area contributed by atoms with Crippen molar-refractivity contribution in [1.82, 2.24) is 10.1 Å². The lowest BCUT2D eigenvalue weighted by Gasteiger charge is -2.17. The van der Waals surface area contributed by atoms with Gasteiger partial charge in [-0.05, 0) is 25.1 Å². The monoisotopic (exact) mass is 371 g/mol. The molecule has 1 amide bonds. The quantitative estimate of drug-likeness (QED) is 0.686. The van der Waals surface area contributed by atoms with Crippen molar-refractivity contribution in [3.63, 3.8) is 0 Å². The van der Waals surface area contributed by atoms with Gasteiger partial charge in [0.25, 0.3) is 0 Å². The molecule has 132 valence electrons. The summed E-state index contributed by atoms with van der Waals surface area (Å²) in [5, 5.41) is 4.22. The molecule has 1 saturated heterocycles. The van der Waals surface area contributed by atoms with Crippen molar-refractivity contribution in [3.8, 4) is 11.4 Å². The number of hydrogen-bond donors (Lipinski definition) is 0. The Morgan fingerprint density at radius 1 is 1.23 bits per heavy atom. The van der Waals surface area contributed by atoms with E-state index in [0.29, 0.717) is 23.9 Å². The molecule has 1 aliphatic heterocycles. The molecule has 0 N–H and O–H groups in total. The van der Waals surface area contributed by atoms with Crippen LogP contribution in [0.15, 0.2) is 47.0 Å². The fourth-order valence-electron chi connectivity index (χ4n) is 3.03. The van der Waals surface area contributed by atoms with Crippen LogP contribution in [0.3, 0.4) is 0 Å². The number of nitrogens with zero attached hydrogens (tertiary/aromatic N) is 3. The molecule has 1 fully saturated rings. The maximum absolute atomic E-state index is 13.2. The molecule has 1 unspecified atom stereocenters. The van der Waals surface area contributed by atoms with Crippen LogP contribution in [0.25, 0.3) is 11.4 Å². The summed E-state index contributed by atoms with van der Waals surface area (Å²) in [5.74, 6) is 0.121. The summed E-state index contributed by atoms with van der Waals surface area (Å²) in [6.45, 7) is 2.37. The molecule has 2 aromatic carbocycles. The van der Waals surface area contributed by atoms with Crippen LogP contribution in [0.1, 0.15) is 23.8 Å². The number of amides is 1. The predicted molar refractivity (Wildman–Crippen MR) is 95.6 cm³/mol. The number of aromatic nitrogens is 2. The smallest absolute Gasteiger partial charge is 0.232 e. The topological polar surface area (TPSA) is 59.2 Å². The Kier molecular flexibility index (Phi) is 4.20. The van der Waals surface area contributed by atoms with E-state index in [1.807, 2.05) is 31.2 Å². The van der Waals surface area contributed by atoms with Crippen molar-refractivity contribution in [2.24, 2.45) is 0 Å². The number of aryl methyl sites for hydroxylation is 1. The molecule has 2 heterocycles. The first-order valence-corrected chi connectivity index (χ1v) is 8.55. The van der Waals surface area contributed by atoms with Gasteiger partial charge in [-0.2, -0.15) is 4.98 Å². The van der Waals surface area contributed by atoms with Crippen LogP contribution in [0, 0.1) is 12.7 Å². The molecule has 26 heavy (non-hydrogen) atoms. The molecular formula is C19H15ClFN3O2. The third-order valence-electron chi connectivity index (χ3n) is 4.43. The molecule has 1 aromatic heterocycles. The third-order valence-corrected chi connectivity index (χ3v) is 4.73. The molecule has 0 radical (unpaired) electrons. The number of hydrogen-bond acceptors (Lipinski definition) is 4. The number of halogens is 2. The van der Waals surface area contributed by atoms with Crippen molar-refractivity contribution in [3.05, 3.63) is 64.8 Å². The minimum Gasteiger partial charge on any atom is -0.339 e. The van der Waals surface area contributed by atoms with Crippen LogP contribution in [0.4, 0.5) is 10.1 Å². The van der Waals surface area contributed by atoms with Crippen LogP contribution in [0.2, 0.25) is 5.02 Å². The van der Waals surface area contributed by atoms with E-state index in [1.165, 1.54) is 23.1 Å². The number of carbonyl (C=O) groups excluding carboxylic acids is 1. The summed E-state index contributed by atoms with van der Waals surface area (Å²) >= 11 is 6.08. The molecule has 5 nitrogen and oxygen atoms in total. The van der Waals surface area contributed by atoms with Crippen molar-refractivity contribution in [2.45, 2.75) is 19.3 Å². The van der Waals surface area contributed by atoms with Crippen LogP contribution >= 0.6 is 11.6 Å². The highest BCUT2D eigenvalue weighted by atomic mass is 35.5. The highest BCUT2D eigenvalue weighted by Crippen LogP contribution is 2.35. The Morgan fingerprint density at radius 2 is 2.00 bits per heavy atom. The normalized spacial score (nSPS) is 17.1.